The molecule has 0 aromatic heterocycles. The predicted octanol–water partition coefficient (Wildman–Crippen LogP) is 2.44. The van der Waals surface area contributed by atoms with Crippen LogP contribution in [0, 0.1) is 5.92 Å². The highest BCUT2D eigenvalue weighted by atomic mass is 16.5. The molecule has 1 aliphatic rings. The van der Waals surface area contributed by atoms with E-state index in [9.17, 15) is 9.90 Å². The minimum atomic E-state index is -0.817. The molecule has 2 N–H and O–H groups in total. The van der Waals surface area contributed by atoms with Gasteiger partial charge in [0.05, 0.1) is 13.2 Å². The Labute approximate surface area is 125 Å². The monoisotopic (exact) mass is 293 g/mol. The summed E-state index contributed by atoms with van der Waals surface area (Å²) in [5, 5.41) is 12.4. The summed E-state index contributed by atoms with van der Waals surface area (Å²) in [6.07, 6.45) is 1.45. The van der Waals surface area contributed by atoms with E-state index in [1.54, 1.807) is 0 Å². The first-order valence-corrected chi connectivity index (χ1v) is 7.41. The van der Waals surface area contributed by atoms with Crippen LogP contribution in [-0.4, -0.2) is 30.3 Å². The molecule has 0 saturated heterocycles. The Bertz CT molecular complexity index is 487. The average Bonchev–Trinajstić information content (AvgIpc) is 2.68. The summed E-state index contributed by atoms with van der Waals surface area (Å²) in [4.78, 5) is 11.3. The lowest BCUT2D eigenvalue weighted by Gasteiger charge is -2.18. The third kappa shape index (κ3) is 4.36. The van der Waals surface area contributed by atoms with E-state index in [1.807, 2.05) is 32.0 Å². The molecule has 0 bridgehead atoms. The van der Waals surface area contributed by atoms with Gasteiger partial charge in [-0.1, -0.05) is 26.0 Å². The lowest BCUT2D eigenvalue weighted by atomic mass is 10.0. The Morgan fingerprint density at radius 1 is 1.33 bits per heavy atom. The zero-order valence-corrected chi connectivity index (χ0v) is 12.6. The molecule has 1 heterocycles. The molecule has 0 amide bonds. The SMILES string of the molecule is CC(C)C[C@@H](NCc1cccc2c1OCCCO2)C(=O)O. The van der Waals surface area contributed by atoms with Crippen LogP contribution in [0.15, 0.2) is 18.2 Å². The van der Waals surface area contributed by atoms with E-state index in [0.29, 0.717) is 32.1 Å². The van der Waals surface area contributed by atoms with E-state index in [0.717, 1.165) is 23.5 Å². The van der Waals surface area contributed by atoms with Gasteiger partial charge >= 0.3 is 5.97 Å². The number of ether oxygens (including phenoxy) is 2. The highest BCUT2D eigenvalue weighted by Crippen LogP contribution is 2.33. The van der Waals surface area contributed by atoms with Crippen molar-refractivity contribution in [3.8, 4) is 11.5 Å². The van der Waals surface area contributed by atoms with Gasteiger partial charge in [-0.2, -0.15) is 0 Å². The number of nitrogens with one attached hydrogen (secondary N) is 1. The summed E-state index contributed by atoms with van der Waals surface area (Å²) < 4.78 is 11.4. The molecule has 0 radical (unpaired) electrons. The van der Waals surface area contributed by atoms with Gasteiger partial charge in [-0.25, -0.2) is 0 Å². The first-order chi connectivity index (χ1) is 10.1. The van der Waals surface area contributed by atoms with Crippen LogP contribution in [0.3, 0.4) is 0 Å². The molecule has 1 aromatic carbocycles. The van der Waals surface area contributed by atoms with Crippen LogP contribution in [0.25, 0.3) is 0 Å². The Morgan fingerprint density at radius 2 is 2.10 bits per heavy atom. The lowest BCUT2D eigenvalue weighted by molar-refractivity contribution is -0.140. The summed E-state index contributed by atoms with van der Waals surface area (Å²) in [7, 11) is 0. The molecule has 2 rings (SSSR count). The van der Waals surface area contributed by atoms with Crippen molar-refractivity contribution in [3.63, 3.8) is 0 Å². The summed E-state index contributed by atoms with van der Waals surface area (Å²) in [5.41, 5.74) is 0.935. The summed E-state index contributed by atoms with van der Waals surface area (Å²) in [6.45, 7) is 5.76. The fourth-order valence-corrected chi connectivity index (χ4v) is 2.37. The lowest BCUT2D eigenvalue weighted by Crippen LogP contribution is -2.37. The van der Waals surface area contributed by atoms with E-state index in [-0.39, 0.29) is 0 Å². The predicted molar refractivity (Wildman–Crippen MR) is 79.8 cm³/mol. The second kappa shape index (κ2) is 7.31. The van der Waals surface area contributed by atoms with Crippen molar-refractivity contribution in [1.82, 2.24) is 5.32 Å². The van der Waals surface area contributed by atoms with Crippen molar-refractivity contribution in [2.45, 2.75) is 39.3 Å². The fraction of sp³-hybridized carbons (Fsp3) is 0.562. The normalized spacial score (nSPS) is 15.6. The third-order valence-electron chi connectivity index (χ3n) is 3.40. The number of carboxylic acids is 1. The largest absolute Gasteiger partial charge is 0.490 e. The highest BCUT2D eigenvalue weighted by Gasteiger charge is 2.20. The smallest absolute Gasteiger partial charge is 0.320 e. The maximum atomic E-state index is 11.3. The average molecular weight is 293 g/mol. The molecule has 0 aliphatic carbocycles. The van der Waals surface area contributed by atoms with E-state index in [1.165, 1.54) is 0 Å². The second-order valence-electron chi connectivity index (χ2n) is 5.70. The van der Waals surface area contributed by atoms with Gasteiger partial charge in [0.1, 0.15) is 6.04 Å². The van der Waals surface area contributed by atoms with E-state index in [2.05, 4.69) is 5.32 Å². The van der Waals surface area contributed by atoms with Crippen molar-refractivity contribution < 1.29 is 19.4 Å². The van der Waals surface area contributed by atoms with Crippen molar-refractivity contribution in [1.29, 1.82) is 0 Å². The van der Waals surface area contributed by atoms with Crippen LogP contribution in [0.2, 0.25) is 0 Å². The van der Waals surface area contributed by atoms with Gasteiger partial charge in [0.15, 0.2) is 11.5 Å². The fourth-order valence-electron chi connectivity index (χ4n) is 2.37. The molecule has 1 atom stereocenters. The number of aliphatic carboxylic acids is 1. The number of carboxylic acid groups (broad SMARTS) is 1. The third-order valence-corrected chi connectivity index (χ3v) is 3.40. The van der Waals surface area contributed by atoms with Crippen LogP contribution >= 0.6 is 0 Å². The first kappa shape index (κ1) is 15.6. The number of hydrogen-bond donors (Lipinski definition) is 2. The van der Waals surface area contributed by atoms with Crippen molar-refractivity contribution in [2.75, 3.05) is 13.2 Å². The Balaban J connectivity index is 2.07. The number of hydrogen-bond acceptors (Lipinski definition) is 4. The van der Waals surface area contributed by atoms with Crippen molar-refractivity contribution in [2.24, 2.45) is 5.92 Å². The van der Waals surface area contributed by atoms with Crippen LogP contribution in [0.4, 0.5) is 0 Å². The van der Waals surface area contributed by atoms with E-state index < -0.39 is 12.0 Å². The summed E-state index contributed by atoms with van der Waals surface area (Å²) in [5.74, 6) is 0.979. The van der Waals surface area contributed by atoms with Gasteiger partial charge in [-0.3, -0.25) is 4.79 Å². The van der Waals surface area contributed by atoms with E-state index in [4.69, 9.17) is 9.47 Å². The molecule has 0 fully saturated rings. The topological polar surface area (TPSA) is 67.8 Å². The minimum Gasteiger partial charge on any atom is -0.490 e. The Kier molecular flexibility index (Phi) is 5.44. The minimum absolute atomic E-state index is 0.325. The molecule has 1 aliphatic heterocycles. The Morgan fingerprint density at radius 3 is 2.81 bits per heavy atom. The maximum Gasteiger partial charge on any atom is 0.320 e. The second-order valence-corrected chi connectivity index (χ2v) is 5.70. The molecular weight excluding hydrogens is 270 g/mol. The number of benzene rings is 1. The molecule has 5 nitrogen and oxygen atoms in total. The maximum absolute atomic E-state index is 11.3. The molecule has 0 spiro atoms. The zero-order valence-electron chi connectivity index (χ0n) is 12.6. The van der Waals surface area contributed by atoms with Gasteiger partial charge in [0.2, 0.25) is 0 Å². The zero-order chi connectivity index (χ0) is 15.2. The number of carbonyl (C=O) groups is 1. The van der Waals surface area contributed by atoms with Crippen molar-refractivity contribution in [3.05, 3.63) is 23.8 Å². The standard InChI is InChI=1S/C16H23NO4/c1-11(2)9-13(16(18)19)17-10-12-5-3-6-14-15(12)21-8-4-7-20-14/h3,5-6,11,13,17H,4,7-10H2,1-2H3,(H,18,19)/t13-/m1/s1. The Hall–Kier alpha value is -1.75. The molecule has 0 saturated carbocycles. The van der Waals surface area contributed by atoms with Gasteiger partial charge in [0.25, 0.3) is 0 Å². The van der Waals surface area contributed by atoms with Crippen LogP contribution < -0.4 is 14.8 Å². The number of para-hydroxylation sites is 1. The molecule has 21 heavy (non-hydrogen) atoms. The number of rotatable bonds is 6. The molecule has 1 aromatic rings. The van der Waals surface area contributed by atoms with Gasteiger partial charge in [0, 0.05) is 18.5 Å². The summed E-state index contributed by atoms with van der Waals surface area (Å²) in [6, 6.07) is 5.18. The first-order valence-electron chi connectivity index (χ1n) is 7.41. The molecular formula is C16H23NO4. The molecule has 5 heteroatoms. The number of fused-ring (bicyclic) bond motifs is 1. The highest BCUT2D eigenvalue weighted by molar-refractivity contribution is 5.73. The quantitative estimate of drug-likeness (QED) is 0.843. The van der Waals surface area contributed by atoms with Crippen molar-refractivity contribution >= 4 is 5.97 Å². The molecule has 0 unspecified atom stereocenters. The van der Waals surface area contributed by atoms with Gasteiger partial charge < -0.3 is 19.9 Å². The summed E-state index contributed by atoms with van der Waals surface area (Å²) >= 11 is 0. The van der Waals surface area contributed by atoms with Crippen LogP contribution in [0.5, 0.6) is 11.5 Å². The molecule has 116 valence electrons. The van der Waals surface area contributed by atoms with Crippen LogP contribution in [-0.2, 0) is 11.3 Å². The van der Waals surface area contributed by atoms with E-state index >= 15 is 0 Å². The van der Waals surface area contributed by atoms with Gasteiger partial charge in [-0.15, -0.1) is 0 Å². The van der Waals surface area contributed by atoms with Crippen LogP contribution in [0.1, 0.15) is 32.3 Å². The van der Waals surface area contributed by atoms with Gasteiger partial charge in [-0.05, 0) is 18.4 Å².